The van der Waals surface area contributed by atoms with Crippen molar-refractivity contribution >= 4 is 37.5 Å². The molecule has 0 amide bonds. The van der Waals surface area contributed by atoms with Crippen molar-refractivity contribution in [3.05, 3.63) is 39.9 Å². The summed E-state index contributed by atoms with van der Waals surface area (Å²) < 4.78 is 24.5. The Hall–Kier alpha value is -2.45. The van der Waals surface area contributed by atoms with Crippen LogP contribution in [0.4, 0.5) is 10.2 Å². The van der Waals surface area contributed by atoms with Gasteiger partial charge >= 0.3 is 5.97 Å². The summed E-state index contributed by atoms with van der Waals surface area (Å²) in [6.07, 6.45) is 1.72. The normalized spacial score (nSPS) is 11.7. The molecule has 0 saturated carbocycles. The van der Waals surface area contributed by atoms with E-state index < -0.39 is 19.9 Å². The van der Waals surface area contributed by atoms with Crippen LogP contribution in [0, 0.1) is 5.82 Å². The lowest BCUT2D eigenvalue weighted by Gasteiger charge is -2.13. The van der Waals surface area contributed by atoms with Gasteiger partial charge in [0.25, 0.3) is 0 Å². The van der Waals surface area contributed by atoms with E-state index in [2.05, 4.69) is 29.6 Å². The SMILES string of the molecule is COC(=O)c1nc(-c2ccc(Cl)c(OC)c2F)nc(N)c1C=C[Si](C)(C)C. The third-order valence-corrected chi connectivity index (χ3v) is 5.06. The number of nitrogens with two attached hydrogens (primary N) is 1. The molecule has 0 radical (unpaired) electrons. The average molecular weight is 410 g/mol. The van der Waals surface area contributed by atoms with Crippen LogP contribution >= 0.6 is 11.6 Å². The van der Waals surface area contributed by atoms with E-state index in [1.807, 2.05) is 5.70 Å². The van der Waals surface area contributed by atoms with Gasteiger partial charge in [-0.3, -0.25) is 0 Å². The van der Waals surface area contributed by atoms with Gasteiger partial charge in [0.15, 0.2) is 23.1 Å². The zero-order valence-electron chi connectivity index (χ0n) is 15.8. The second-order valence-corrected chi connectivity index (χ2v) is 12.3. The number of nitrogens with zero attached hydrogens (tertiary/aromatic N) is 2. The Balaban J connectivity index is 2.70. The highest BCUT2D eigenvalue weighted by Gasteiger charge is 2.22. The van der Waals surface area contributed by atoms with Crippen molar-refractivity contribution in [3.8, 4) is 17.1 Å². The molecule has 0 unspecified atom stereocenters. The molecule has 0 bridgehead atoms. The highest BCUT2D eigenvalue weighted by atomic mass is 35.5. The number of nitrogen functional groups attached to an aromatic ring is 1. The number of rotatable bonds is 5. The molecule has 144 valence electrons. The molecule has 0 aliphatic heterocycles. The second-order valence-electron chi connectivity index (χ2n) is 6.83. The maximum Gasteiger partial charge on any atom is 0.357 e. The van der Waals surface area contributed by atoms with Crippen molar-refractivity contribution in [3.63, 3.8) is 0 Å². The van der Waals surface area contributed by atoms with Crippen LogP contribution in [0.3, 0.4) is 0 Å². The van der Waals surface area contributed by atoms with Crippen LogP contribution in [0.2, 0.25) is 24.7 Å². The van der Waals surface area contributed by atoms with Crippen LogP contribution in [0.15, 0.2) is 17.8 Å². The molecule has 0 aliphatic rings. The first-order chi connectivity index (χ1) is 12.6. The maximum atomic E-state index is 14.7. The number of carbonyl (C=O) groups is 1. The summed E-state index contributed by atoms with van der Waals surface area (Å²) in [4.78, 5) is 20.6. The van der Waals surface area contributed by atoms with E-state index in [-0.39, 0.29) is 33.7 Å². The van der Waals surface area contributed by atoms with Gasteiger partial charge < -0.3 is 15.2 Å². The fraction of sp³-hybridized carbons (Fsp3) is 0.278. The van der Waals surface area contributed by atoms with Gasteiger partial charge in [0.05, 0.1) is 32.9 Å². The Kier molecular flexibility index (Phi) is 6.22. The number of hydrogen-bond donors (Lipinski definition) is 1. The summed E-state index contributed by atoms with van der Waals surface area (Å²) in [7, 11) is 0.962. The lowest BCUT2D eigenvalue weighted by atomic mass is 10.1. The molecule has 0 aliphatic carbocycles. The summed E-state index contributed by atoms with van der Waals surface area (Å²) in [5, 5.41) is 0.106. The van der Waals surface area contributed by atoms with Gasteiger partial charge in [-0.25, -0.2) is 19.2 Å². The van der Waals surface area contributed by atoms with Gasteiger partial charge in [-0.1, -0.05) is 43.0 Å². The summed E-state index contributed by atoms with van der Waals surface area (Å²) in [6.45, 7) is 6.38. The van der Waals surface area contributed by atoms with Crippen LogP contribution in [0.25, 0.3) is 17.5 Å². The number of aromatic nitrogens is 2. The Labute approximate surface area is 163 Å². The molecule has 0 saturated heterocycles. The average Bonchev–Trinajstić information content (AvgIpc) is 2.59. The number of halogens is 2. The molecule has 0 spiro atoms. The van der Waals surface area contributed by atoms with Crippen LogP contribution in [-0.4, -0.2) is 38.2 Å². The zero-order valence-corrected chi connectivity index (χ0v) is 17.5. The van der Waals surface area contributed by atoms with Crippen LogP contribution in [-0.2, 0) is 4.74 Å². The molecule has 0 fully saturated rings. The molecule has 2 N–H and O–H groups in total. The summed E-state index contributed by atoms with van der Waals surface area (Å²) in [6, 6.07) is 2.85. The summed E-state index contributed by atoms with van der Waals surface area (Å²) in [5.74, 6) is -1.60. The Morgan fingerprint density at radius 3 is 2.48 bits per heavy atom. The van der Waals surface area contributed by atoms with Gasteiger partial charge in [-0.05, 0) is 12.1 Å². The fourth-order valence-electron chi connectivity index (χ4n) is 2.25. The van der Waals surface area contributed by atoms with Crippen molar-refractivity contribution in [2.45, 2.75) is 19.6 Å². The van der Waals surface area contributed by atoms with Crippen LogP contribution in [0.1, 0.15) is 16.1 Å². The maximum absolute atomic E-state index is 14.7. The van der Waals surface area contributed by atoms with E-state index in [0.717, 1.165) is 0 Å². The molecule has 6 nitrogen and oxygen atoms in total. The third kappa shape index (κ3) is 4.64. The van der Waals surface area contributed by atoms with Gasteiger partial charge in [-0.15, -0.1) is 0 Å². The Morgan fingerprint density at radius 2 is 1.93 bits per heavy atom. The molecule has 2 aromatic rings. The molecule has 2 rings (SSSR count). The highest BCUT2D eigenvalue weighted by molar-refractivity contribution is 6.81. The molecular weight excluding hydrogens is 389 g/mol. The molecular formula is C18H21ClFN3O3Si. The quantitative estimate of drug-likeness (QED) is 0.588. The van der Waals surface area contributed by atoms with Gasteiger partial charge in [0.2, 0.25) is 0 Å². The topological polar surface area (TPSA) is 87.3 Å². The first-order valence-corrected chi connectivity index (χ1v) is 12.0. The lowest BCUT2D eigenvalue weighted by molar-refractivity contribution is 0.0593. The van der Waals surface area contributed by atoms with E-state index in [4.69, 9.17) is 26.8 Å². The van der Waals surface area contributed by atoms with Crippen molar-refractivity contribution in [2.75, 3.05) is 20.0 Å². The van der Waals surface area contributed by atoms with Crippen LogP contribution in [0.5, 0.6) is 5.75 Å². The summed E-state index contributed by atoms with van der Waals surface area (Å²) >= 11 is 5.92. The minimum absolute atomic E-state index is 0.00818. The second kappa shape index (κ2) is 8.06. The predicted octanol–water partition coefficient (Wildman–Crippen LogP) is 4.20. The number of hydrogen-bond acceptors (Lipinski definition) is 6. The van der Waals surface area contributed by atoms with E-state index in [0.29, 0.717) is 5.56 Å². The van der Waals surface area contributed by atoms with Crippen molar-refractivity contribution in [1.29, 1.82) is 0 Å². The molecule has 27 heavy (non-hydrogen) atoms. The summed E-state index contributed by atoms with van der Waals surface area (Å²) in [5.41, 5.74) is 8.37. The monoisotopic (exact) mass is 409 g/mol. The molecule has 1 heterocycles. The molecule has 9 heteroatoms. The Bertz CT molecular complexity index is 914. The molecule has 1 aromatic carbocycles. The van der Waals surface area contributed by atoms with E-state index in [9.17, 15) is 9.18 Å². The molecule has 0 atom stereocenters. The minimum atomic E-state index is -1.57. The predicted molar refractivity (Wildman–Crippen MR) is 107 cm³/mol. The first-order valence-electron chi connectivity index (χ1n) is 8.06. The number of esters is 1. The highest BCUT2D eigenvalue weighted by Crippen LogP contribution is 2.34. The van der Waals surface area contributed by atoms with Gasteiger partial charge in [0.1, 0.15) is 5.82 Å². The van der Waals surface area contributed by atoms with Crippen molar-refractivity contribution in [2.24, 2.45) is 0 Å². The standard InChI is InChI=1S/C18H21ClFN3O3Si/c1-25-15-12(19)7-6-10(13(15)20)17-22-14(18(24)26-2)11(16(21)23-17)8-9-27(3,4)5/h6-9H,1-5H3,(H2,21,22,23). The number of benzene rings is 1. The van der Waals surface area contributed by atoms with Gasteiger partial charge in [-0.2, -0.15) is 0 Å². The smallest absolute Gasteiger partial charge is 0.357 e. The van der Waals surface area contributed by atoms with E-state index in [1.54, 1.807) is 6.08 Å². The Morgan fingerprint density at radius 1 is 1.26 bits per heavy atom. The number of methoxy groups -OCH3 is 2. The van der Waals surface area contributed by atoms with Crippen LogP contribution < -0.4 is 10.5 Å². The largest absolute Gasteiger partial charge is 0.492 e. The van der Waals surface area contributed by atoms with Crippen molar-refractivity contribution in [1.82, 2.24) is 9.97 Å². The zero-order chi connectivity index (χ0) is 20.4. The number of ether oxygens (including phenoxy) is 2. The fourth-order valence-corrected chi connectivity index (χ4v) is 3.14. The molecule has 1 aromatic heterocycles. The third-order valence-electron chi connectivity index (χ3n) is 3.60. The lowest BCUT2D eigenvalue weighted by Crippen LogP contribution is -2.16. The first kappa shape index (κ1) is 20.9. The number of anilines is 1. The van der Waals surface area contributed by atoms with E-state index >= 15 is 0 Å². The minimum Gasteiger partial charge on any atom is -0.492 e. The van der Waals surface area contributed by atoms with E-state index in [1.165, 1.54) is 26.4 Å². The van der Waals surface area contributed by atoms with Crippen molar-refractivity contribution < 1.29 is 18.7 Å². The number of carbonyl (C=O) groups excluding carboxylic acids is 1. The van der Waals surface area contributed by atoms with Gasteiger partial charge in [0, 0.05) is 5.56 Å².